The molecule has 0 heterocycles. The third kappa shape index (κ3) is 2.99. The number of carbonyl (C=O) groups excluding carboxylic acids is 1. The highest BCUT2D eigenvalue weighted by molar-refractivity contribution is 5.88. The van der Waals surface area contributed by atoms with E-state index in [1.54, 1.807) is 0 Å². The molecule has 1 aliphatic rings. The molecule has 1 amide bonds. The van der Waals surface area contributed by atoms with E-state index in [2.05, 4.69) is 5.48 Å². The first-order valence-electron chi connectivity index (χ1n) is 4.66. The number of hydrogen-bond acceptors (Lipinski definition) is 3. The van der Waals surface area contributed by atoms with Gasteiger partial charge in [-0.15, -0.1) is 0 Å². The molecule has 1 rings (SSSR count). The van der Waals surface area contributed by atoms with Gasteiger partial charge in [-0.05, 0) is 12.3 Å². The van der Waals surface area contributed by atoms with Crippen molar-refractivity contribution in [1.29, 1.82) is 0 Å². The van der Waals surface area contributed by atoms with Crippen LogP contribution in [0.5, 0.6) is 0 Å². The minimum Gasteiger partial charge on any atom is -0.481 e. The van der Waals surface area contributed by atoms with E-state index in [1.807, 2.05) is 13.8 Å². The first-order chi connectivity index (χ1) is 6.52. The van der Waals surface area contributed by atoms with Gasteiger partial charge in [0.1, 0.15) is 0 Å². The zero-order valence-corrected chi connectivity index (χ0v) is 8.32. The molecule has 0 aliphatic heterocycles. The zero-order valence-electron chi connectivity index (χ0n) is 8.32. The van der Waals surface area contributed by atoms with Crippen molar-refractivity contribution in [3.8, 4) is 0 Å². The minimum atomic E-state index is -0.908. The number of carboxylic acid groups (broad SMARTS) is 1. The molecule has 2 N–H and O–H groups in total. The van der Waals surface area contributed by atoms with Crippen molar-refractivity contribution in [2.75, 3.05) is 6.61 Å². The average molecular weight is 201 g/mol. The second-order valence-corrected chi connectivity index (χ2v) is 3.96. The predicted molar refractivity (Wildman–Crippen MR) is 48.2 cm³/mol. The molecule has 5 nitrogen and oxygen atoms in total. The molecular weight excluding hydrogens is 186 g/mol. The fourth-order valence-electron chi connectivity index (χ4n) is 1.11. The van der Waals surface area contributed by atoms with Crippen molar-refractivity contribution in [2.24, 2.45) is 17.8 Å². The van der Waals surface area contributed by atoms with Gasteiger partial charge < -0.3 is 5.11 Å². The van der Waals surface area contributed by atoms with Crippen LogP contribution in [0, 0.1) is 17.8 Å². The van der Waals surface area contributed by atoms with E-state index in [1.165, 1.54) is 0 Å². The first-order valence-corrected chi connectivity index (χ1v) is 4.66. The van der Waals surface area contributed by atoms with Crippen LogP contribution in [0.1, 0.15) is 20.3 Å². The summed E-state index contributed by atoms with van der Waals surface area (Å²) in [5.41, 5.74) is 2.26. The lowest BCUT2D eigenvalue weighted by Crippen LogP contribution is -2.28. The number of rotatable bonds is 5. The molecule has 0 aromatic carbocycles. The minimum absolute atomic E-state index is 0.321. The van der Waals surface area contributed by atoms with Crippen LogP contribution in [0.3, 0.4) is 0 Å². The van der Waals surface area contributed by atoms with E-state index in [0.717, 1.165) is 0 Å². The summed E-state index contributed by atoms with van der Waals surface area (Å²) in [7, 11) is 0. The second kappa shape index (κ2) is 4.41. The quantitative estimate of drug-likeness (QED) is 0.632. The van der Waals surface area contributed by atoms with Crippen LogP contribution in [0.2, 0.25) is 0 Å². The van der Waals surface area contributed by atoms with E-state index >= 15 is 0 Å². The molecule has 2 unspecified atom stereocenters. The fraction of sp³-hybridized carbons (Fsp3) is 0.778. The molecule has 0 bridgehead atoms. The lowest BCUT2D eigenvalue weighted by molar-refractivity contribution is -0.142. The van der Waals surface area contributed by atoms with Gasteiger partial charge in [0.15, 0.2) is 0 Å². The Morgan fingerprint density at radius 3 is 2.57 bits per heavy atom. The highest BCUT2D eigenvalue weighted by Crippen LogP contribution is 2.38. The summed E-state index contributed by atoms with van der Waals surface area (Å²) in [6.07, 6.45) is 0.423. The third-order valence-corrected chi connectivity index (χ3v) is 2.03. The predicted octanol–water partition coefficient (Wildman–Crippen LogP) is 0.411. The maximum Gasteiger partial charge on any atom is 0.307 e. The Hall–Kier alpha value is -1.10. The second-order valence-electron chi connectivity index (χ2n) is 3.96. The average Bonchev–Trinajstić information content (AvgIpc) is 2.81. The standard InChI is InChI=1S/C9H15NO4/c1-5(2)4-14-10-8(11)6-3-7(6)9(12)13/h5-7H,3-4H2,1-2H3,(H,10,11)(H,12,13). The highest BCUT2D eigenvalue weighted by atomic mass is 16.7. The van der Waals surface area contributed by atoms with E-state index in [0.29, 0.717) is 18.9 Å². The Morgan fingerprint density at radius 1 is 1.50 bits per heavy atom. The van der Waals surface area contributed by atoms with Gasteiger partial charge >= 0.3 is 5.97 Å². The lowest BCUT2D eigenvalue weighted by atomic mass is 10.2. The fourth-order valence-corrected chi connectivity index (χ4v) is 1.11. The number of carboxylic acids is 1. The van der Waals surface area contributed by atoms with Crippen molar-refractivity contribution in [3.63, 3.8) is 0 Å². The molecular formula is C9H15NO4. The topological polar surface area (TPSA) is 75.6 Å². The van der Waals surface area contributed by atoms with E-state index in [9.17, 15) is 9.59 Å². The summed E-state index contributed by atoms with van der Waals surface area (Å²) in [5.74, 6) is -1.81. The smallest absolute Gasteiger partial charge is 0.307 e. The largest absolute Gasteiger partial charge is 0.481 e. The molecule has 1 fully saturated rings. The summed E-state index contributed by atoms with van der Waals surface area (Å²) in [6, 6.07) is 0. The van der Waals surface area contributed by atoms with Crippen molar-refractivity contribution < 1.29 is 19.5 Å². The molecule has 0 saturated heterocycles. The van der Waals surface area contributed by atoms with Crippen LogP contribution in [0.25, 0.3) is 0 Å². The van der Waals surface area contributed by atoms with Gasteiger partial charge in [-0.3, -0.25) is 14.4 Å². The molecule has 14 heavy (non-hydrogen) atoms. The number of nitrogens with one attached hydrogen (secondary N) is 1. The van der Waals surface area contributed by atoms with Gasteiger partial charge in [-0.1, -0.05) is 13.8 Å². The summed E-state index contributed by atoms with van der Waals surface area (Å²) in [4.78, 5) is 26.5. The number of amides is 1. The Bertz CT molecular complexity index is 239. The summed E-state index contributed by atoms with van der Waals surface area (Å²) >= 11 is 0. The van der Waals surface area contributed by atoms with Gasteiger partial charge in [0.05, 0.1) is 18.4 Å². The van der Waals surface area contributed by atoms with Gasteiger partial charge in [-0.25, -0.2) is 5.48 Å². The Balaban J connectivity index is 2.15. The number of hydroxylamine groups is 1. The van der Waals surface area contributed by atoms with Gasteiger partial charge in [0.25, 0.3) is 0 Å². The maximum absolute atomic E-state index is 11.2. The van der Waals surface area contributed by atoms with Crippen LogP contribution < -0.4 is 5.48 Å². The Kier molecular flexibility index (Phi) is 3.46. The van der Waals surface area contributed by atoms with Crippen molar-refractivity contribution >= 4 is 11.9 Å². The van der Waals surface area contributed by atoms with Crippen LogP contribution in [-0.4, -0.2) is 23.6 Å². The monoisotopic (exact) mass is 201 g/mol. The van der Waals surface area contributed by atoms with E-state index in [-0.39, 0.29) is 5.91 Å². The molecule has 0 spiro atoms. The third-order valence-electron chi connectivity index (χ3n) is 2.03. The number of hydrogen-bond donors (Lipinski definition) is 2. The first kappa shape index (κ1) is 11.0. The number of aliphatic carboxylic acids is 1. The molecule has 5 heteroatoms. The summed E-state index contributed by atoms with van der Waals surface area (Å²) < 4.78 is 0. The van der Waals surface area contributed by atoms with E-state index in [4.69, 9.17) is 9.94 Å². The van der Waals surface area contributed by atoms with Crippen LogP contribution in [0.15, 0.2) is 0 Å². The van der Waals surface area contributed by atoms with Crippen molar-refractivity contribution in [1.82, 2.24) is 5.48 Å². The van der Waals surface area contributed by atoms with Crippen LogP contribution >= 0.6 is 0 Å². The van der Waals surface area contributed by atoms with Crippen molar-refractivity contribution in [2.45, 2.75) is 20.3 Å². The molecule has 1 saturated carbocycles. The highest BCUT2D eigenvalue weighted by Gasteiger charge is 2.48. The lowest BCUT2D eigenvalue weighted by Gasteiger charge is -2.06. The summed E-state index contributed by atoms with van der Waals surface area (Å²) in [5, 5.41) is 8.57. The molecule has 0 radical (unpaired) electrons. The molecule has 80 valence electrons. The van der Waals surface area contributed by atoms with Gasteiger partial charge in [0, 0.05) is 0 Å². The van der Waals surface area contributed by atoms with Gasteiger partial charge in [-0.2, -0.15) is 0 Å². The SMILES string of the molecule is CC(C)CONC(=O)C1CC1C(=O)O. The molecule has 0 aromatic heterocycles. The van der Waals surface area contributed by atoms with Crippen LogP contribution in [-0.2, 0) is 14.4 Å². The van der Waals surface area contributed by atoms with E-state index < -0.39 is 17.8 Å². The van der Waals surface area contributed by atoms with Crippen molar-refractivity contribution in [3.05, 3.63) is 0 Å². The summed E-state index contributed by atoms with van der Waals surface area (Å²) in [6.45, 7) is 4.36. The molecule has 2 atom stereocenters. The Morgan fingerprint density at radius 2 is 2.14 bits per heavy atom. The van der Waals surface area contributed by atoms with Crippen LogP contribution in [0.4, 0.5) is 0 Å². The molecule has 1 aliphatic carbocycles. The normalized spacial score (nSPS) is 24.8. The zero-order chi connectivity index (χ0) is 10.7. The van der Waals surface area contributed by atoms with Gasteiger partial charge in [0.2, 0.25) is 5.91 Å². The number of carbonyl (C=O) groups is 2. The maximum atomic E-state index is 11.2. The Labute approximate surface area is 82.4 Å². The molecule has 0 aromatic rings.